The molecule has 0 radical (unpaired) electrons. The molecule has 0 aliphatic carbocycles. The number of rotatable bonds is 3. The standard InChI is InChI=1S/C18H18BrN3S/c1-2-12-11-23-18-21-16(15-9-5-6-10-20-15)17(22(12)18)13-7-3-4-8-14(13)19/h3-10,12,16-17H,2,11H2,1H3/t12-,16+,17+/m0/s1. The van der Waals surface area contributed by atoms with Crippen molar-refractivity contribution in [2.75, 3.05) is 5.75 Å². The fraction of sp³-hybridized carbons (Fsp3) is 0.333. The van der Waals surface area contributed by atoms with Crippen LogP contribution in [0.15, 0.2) is 58.1 Å². The molecule has 0 amide bonds. The van der Waals surface area contributed by atoms with E-state index in [0.717, 1.165) is 22.3 Å². The first kappa shape index (κ1) is 15.2. The first-order valence-corrected chi connectivity index (χ1v) is 9.71. The van der Waals surface area contributed by atoms with Gasteiger partial charge in [0.1, 0.15) is 6.04 Å². The van der Waals surface area contributed by atoms with Crippen LogP contribution in [0.4, 0.5) is 0 Å². The topological polar surface area (TPSA) is 28.5 Å². The first-order chi connectivity index (χ1) is 11.3. The summed E-state index contributed by atoms with van der Waals surface area (Å²) in [6.07, 6.45) is 3.00. The molecule has 118 valence electrons. The monoisotopic (exact) mass is 387 g/mol. The highest BCUT2D eigenvalue weighted by Gasteiger charge is 2.45. The lowest BCUT2D eigenvalue weighted by Crippen LogP contribution is -2.35. The second-order valence-corrected chi connectivity index (χ2v) is 7.70. The van der Waals surface area contributed by atoms with Crippen LogP contribution < -0.4 is 0 Å². The summed E-state index contributed by atoms with van der Waals surface area (Å²) >= 11 is 5.62. The zero-order valence-corrected chi connectivity index (χ0v) is 15.3. The van der Waals surface area contributed by atoms with Gasteiger partial charge in [0.15, 0.2) is 5.17 Å². The zero-order chi connectivity index (χ0) is 15.8. The molecule has 0 spiro atoms. The summed E-state index contributed by atoms with van der Waals surface area (Å²) in [6, 6.07) is 15.4. The number of nitrogens with zero attached hydrogens (tertiary/aromatic N) is 3. The molecule has 1 saturated heterocycles. The molecule has 0 unspecified atom stereocenters. The maximum Gasteiger partial charge on any atom is 0.160 e. The van der Waals surface area contributed by atoms with E-state index in [0.29, 0.717) is 6.04 Å². The van der Waals surface area contributed by atoms with Crippen LogP contribution in [-0.4, -0.2) is 26.8 Å². The molecule has 0 bridgehead atoms. The number of fused-ring (bicyclic) bond motifs is 1. The van der Waals surface area contributed by atoms with Gasteiger partial charge in [-0.2, -0.15) is 0 Å². The SMILES string of the molecule is CC[C@H]1CSC2=N[C@H](c3ccccn3)[C@@H](c3ccccc3Br)N21. The Morgan fingerprint density at radius 3 is 2.78 bits per heavy atom. The number of thioether (sulfide) groups is 1. The van der Waals surface area contributed by atoms with E-state index in [-0.39, 0.29) is 12.1 Å². The number of hydrogen-bond donors (Lipinski definition) is 0. The van der Waals surface area contributed by atoms with E-state index < -0.39 is 0 Å². The molecular formula is C18H18BrN3S. The number of hydrogen-bond acceptors (Lipinski definition) is 4. The number of amidine groups is 1. The minimum atomic E-state index is 0.0618. The molecule has 3 nitrogen and oxygen atoms in total. The molecule has 4 rings (SSSR count). The van der Waals surface area contributed by atoms with Gasteiger partial charge in [0.05, 0.1) is 11.7 Å². The highest BCUT2D eigenvalue weighted by Crippen LogP contribution is 2.49. The molecule has 3 atom stereocenters. The van der Waals surface area contributed by atoms with E-state index in [9.17, 15) is 0 Å². The van der Waals surface area contributed by atoms with Gasteiger partial charge in [-0.1, -0.05) is 58.9 Å². The van der Waals surface area contributed by atoms with E-state index in [4.69, 9.17) is 4.99 Å². The van der Waals surface area contributed by atoms with E-state index in [1.807, 2.05) is 30.1 Å². The van der Waals surface area contributed by atoms with Gasteiger partial charge in [-0.25, -0.2) is 0 Å². The Kier molecular flexibility index (Phi) is 4.16. The molecule has 1 aromatic carbocycles. The van der Waals surface area contributed by atoms with Gasteiger partial charge in [0.25, 0.3) is 0 Å². The van der Waals surface area contributed by atoms with Crippen LogP contribution in [0, 0.1) is 0 Å². The van der Waals surface area contributed by atoms with Crippen molar-refractivity contribution in [2.24, 2.45) is 4.99 Å². The Morgan fingerprint density at radius 1 is 1.22 bits per heavy atom. The second-order valence-electron chi connectivity index (χ2n) is 5.86. The van der Waals surface area contributed by atoms with Gasteiger partial charge in [-0.3, -0.25) is 9.98 Å². The van der Waals surface area contributed by atoms with Gasteiger partial charge in [0.2, 0.25) is 0 Å². The molecule has 0 N–H and O–H groups in total. The summed E-state index contributed by atoms with van der Waals surface area (Å²) < 4.78 is 1.15. The number of halogens is 1. The summed E-state index contributed by atoms with van der Waals surface area (Å²) in [4.78, 5) is 12.1. The minimum absolute atomic E-state index is 0.0618. The molecule has 1 fully saturated rings. The van der Waals surface area contributed by atoms with Crippen LogP contribution in [0.25, 0.3) is 0 Å². The van der Waals surface area contributed by atoms with Crippen LogP contribution in [0.1, 0.15) is 36.7 Å². The predicted octanol–water partition coefficient (Wildman–Crippen LogP) is 4.82. The third kappa shape index (κ3) is 2.60. The summed E-state index contributed by atoms with van der Waals surface area (Å²) in [5.74, 6) is 1.13. The van der Waals surface area contributed by atoms with Crippen LogP contribution in [0.2, 0.25) is 0 Å². The van der Waals surface area contributed by atoms with Crippen molar-refractivity contribution in [1.29, 1.82) is 0 Å². The molecule has 2 aliphatic heterocycles. The molecule has 23 heavy (non-hydrogen) atoms. The number of pyridine rings is 1. The van der Waals surface area contributed by atoms with Gasteiger partial charge in [0, 0.05) is 22.5 Å². The Morgan fingerprint density at radius 2 is 2.04 bits per heavy atom. The Labute approximate surface area is 149 Å². The average molecular weight is 388 g/mol. The third-order valence-electron chi connectivity index (χ3n) is 4.55. The van der Waals surface area contributed by atoms with E-state index in [2.05, 4.69) is 63.1 Å². The first-order valence-electron chi connectivity index (χ1n) is 7.94. The summed E-state index contributed by atoms with van der Waals surface area (Å²) in [6.45, 7) is 2.26. The van der Waals surface area contributed by atoms with Crippen molar-refractivity contribution in [3.63, 3.8) is 0 Å². The quantitative estimate of drug-likeness (QED) is 0.755. The summed E-state index contributed by atoms with van der Waals surface area (Å²) in [5.41, 5.74) is 2.34. The Bertz CT molecular complexity index is 734. The molecule has 5 heteroatoms. The second kappa shape index (κ2) is 6.29. The van der Waals surface area contributed by atoms with Crippen LogP contribution >= 0.6 is 27.7 Å². The molecule has 2 aliphatic rings. The molecular weight excluding hydrogens is 370 g/mol. The van der Waals surface area contributed by atoms with Crippen molar-refractivity contribution in [3.8, 4) is 0 Å². The van der Waals surface area contributed by atoms with Crippen molar-refractivity contribution in [1.82, 2.24) is 9.88 Å². The summed E-state index contributed by atoms with van der Waals surface area (Å²) in [5, 5.41) is 1.17. The largest absolute Gasteiger partial charge is 0.338 e. The molecule has 2 aromatic rings. The van der Waals surface area contributed by atoms with Gasteiger partial charge >= 0.3 is 0 Å². The lowest BCUT2D eigenvalue weighted by Gasteiger charge is -2.32. The fourth-order valence-electron chi connectivity index (χ4n) is 3.40. The highest BCUT2D eigenvalue weighted by molar-refractivity contribution is 9.10. The molecule has 3 heterocycles. The van der Waals surface area contributed by atoms with Gasteiger partial charge in [-0.15, -0.1) is 0 Å². The predicted molar refractivity (Wildman–Crippen MR) is 99.7 cm³/mol. The van der Waals surface area contributed by atoms with Gasteiger partial charge < -0.3 is 4.90 Å². The third-order valence-corrected chi connectivity index (χ3v) is 6.40. The Hall–Kier alpha value is -1.33. The van der Waals surface area contributed by atoms with Crippen molar-refractivity contribution in [2.45, 2.75) is 31.5 Å². The Balaban J connectivity index is 1.82. The normalized spacial score (nSPS) is 26.3. The average Bonchev–Trinajstić information content (AvgIpc) is 3.15. The maximum absolute atomic E-state index is 5.04. The molecule has 1 aromatic heterocycles. The number of aliphatic imine (C=N–C) groups is 1. The fourth-order valence-corrected chi connectivity index (χ4v) is 5.26. The van der Waals surface area contributed by atoms with Crippen LogP contribution in [0.3, 0.4) is 0 Å². The summed E-state index contributed by atoms with van der Waals surface area (Å²) in [7, 11) is 0. The zero-order valence-electron chi connectivity index (χ0n) is 12.9. The lowest BCUT2D eigenvalue weighted by molar-refractivity contribution is 0.254. The maximum atomic E-state index is 5.04. The lowest BCUT2D eigenvalue weighted by atomic mass is 9.95. The van der Waals surface area contributed by atoms with Crippen molar-refractivity contribution < 1.29 is 0 Å². The number of benzene rings is 1. The van der Waals surface area contributed by atoms with Crippen LogP contribution in [-0.2, 0) is 0 Å². The minimum Gasteiger partial charge on any atom is -0.338 e. The van der Waals surface area contributed by atoms with E-state index >= 15 is 0 Å². The number of aromatic nitrogens is 1. The molecule has 0 saturated carbocycles. The van der Waals surface area contributed by atoms with Crippen molar-refractivity contribution >= 4 is 32.9 Å². The van der Waals surface area contributed by atoms with Crippen LogP contribution in [0.5, 0.6) is 0 Å². The van der Waals surface area contributed by atoms with Crippen molar-refractivity contribution in [3.05, 3.63) is 64.4 Å². The highest BCUT2D eigenvalue weighted by atomic mass is 79.9. The van der Waals surface area contributed by atoms with E-state index in [1.165, 1.54) is 10.7 Å². The van der Waals surface area contributed by atoms with E-state index in [1.54, 1.807) is 0 Å². The smallest absolute Gasteiger partial charge is 0.160 e. The van der Waals surface area contributed by atoms with Gasteiger partial charge in [-0.05, 0) is 30.2 Å².